The lowest BCUT2D eigenvalue weighted by Crippen LogP contribution is -2.36. The Morgan fingerprint density at radius 1 is 0.571 bits per heavy atom. The van der Waals surface area contributed by atoms with Crippen LogP contribution in [0, 0.1) is 11.8 Å². The summed E-state index contributed by atoms with van der Waals surface area (Å²) in [5.41, 5.74) is 20.9. The van der Waals surface area contributed by atoms with Crippen LogP contribution in [0.1, 0.15) is 185 Å². The Bertz CT molecular complexity index is 2890. The number of hydrogen-bond acceptors (Lipinski definition) is 14. The fraction of sp³-hybridized carbons (Fsp3) is 0.500. The van der Waals surface area contributed by atoms with Gasteiger partial charge in [0.25, 0.3) is 0 Å². The molecule has 14 nitrogen and oxygen atoms in total. The van der Waals surface area contributed by atoms with E-state index in [1.165, 1.54) is 0 Å². The molecule has 6 aliphatic rings. The van der Waals surface area contributed by atoms with E-state index >= 15 is 0 Å². The average Bonchev–Trinajstić information content (AvgIpc) is 4.09. The maximum absolute atomic E-state index is 12.3. The molecule has 0 amide bonds. The minimum absolute atomic E-state index is 0.0462. The van der Waals surface area contributed by atoms with E-state index < -0.39 is 11.1 Å². The van der Waals surface area contributed by atoms with Gasteiger partial charge in [-0.05, 0) is 163 Å². The summed E-state index contributed by atoms with van der Waals surface area (Å²) < 4.78 is 23.4. The van der Waals surface area contributed by atoms with Crippen LogP contribution in [-0.2, 0) is 33.4 Å². The summed E-state index contributed by atoms with van der Waals surface area (Å²) in [4.78, 5) is 53.2. The highest BCUT2D eigenvalue weighted by molar-refractivity contribution is 5.93. The largest absolute Gasteiger partial charge is 0.471 e. The summed E-state index contributed by atoms with van der Waals surface area (Å²) >= 11 is 0. The van der Waals surface area contributed by atoms with Crippen molar-refractivity contribution in [2.75, 3.05) is 0 Å². The molecule has 0 aromatic carbocycles. The Balaban J connectivity index is 0.000000152. The predicted octanol–water partition coefficient (Wildman–Crippen LogP) is 9.59. The molecule has 4 saturated carbocycles. The average molecular weight is 945 g/mol. The number of carbonyl (C=O) groups is 2. The van der Waals surface area contributed by atoms with Crippen LogP contribution in [0.15, 0.2) is 61.2 Å². The van der Waals surface area contributed by atoms with Gasteiger partial charge in [0.15, 0.2) is 0 Å². The first kappa shape index (κ1) is 46.3. The lowest BCUT2D eigenvalue weighted by molar-refractivity contribution is 0.0225. The zero-order chi connectivity index (χ0) is 49.1. The Morgan fingerprint density at radius 3 is 1.31 bits per heavy atom. The van der Waals surface area contributed by atoms with Crippen LogP contribution < -0.4 is 20.9 Å². The van der Waals surface area contributed by atoms with Crippen LogP contribution in [-0.4, -0.2) is 65.3 Å². The van der Waals surface area contributed by atoms with Crippen LogP contribution >= 0.6 is 0 Å². The second-order valence-electron chi connectivity index (χ2n) is 22.2. The second kappa shape index (κ2) is 16.8. The molecule has 2 aliphatic heterocycles. The molecule has 0 radical (unpaired) electrons. The molecule has 364 valence electrons. The van der Waals surface area contributed by atoms with Crippen LogP contribution in [0.4, 0.5) is 0 Å². The number of carbonyl (C=O) groups excluding carboxylic acids is 2. The highest BCUT2D eigenvalue weighted by Gasteiger charge is 2.45. The lowest BCUT2D eigenvalue weighted by atomic mass is 9.86. The Kier molecular flexibility index (Phi) is 11.1. The van der Waals surface area contributed by atoms with E-state index in [4.69, 9.17) is 60.3 Å². The molecule has 0 spiro atoms. The predicted molar refractivity (Wildman–Crippen MR) is 265 cm³/mol. The number of nitrogens with two attached hydrogens (primary N) is 2. The molecule has 8 heterocycles. The lowest BCUT2D eigenvalue weighted by Gasteiger charge is -2.28. The van der Waals surface area contributed by atoms with E-state index in [9.17, 15) is 9.59 Å². The van der Waals surface area contributed by atoms with Crippen molar-refractivity contribution in [3.05, 3.63) is 118 Å². The number of rotatable bonds is 12. The van der Waals surface area contributed by atoms with Crippen LogP contribution in [0.2, 0.25) is 0 Å². The highest BCUT2D eigenvalue weighted by atomic mass is 16.5. The van der Waals surface area contributed by atoms with E-state index in [1.54, 1.807) is 0 Å². The van der Waals surface area contributed by atoms with Crippen molar-refractivity contribution in [1.82, 2.24) is 29.9 Å². The normalized spacial score (nSPS) is 24.4. The maximum Gasteiger partial charge on any atom is 0.340 e. The first-order valence-electron chi connectivity index (χ1n) is 25.2. The first-order chi connectivity index (χ1) is 33.3. The summed E-state index contributed by atoms with van der Waals surface area (Å²) in [5, 5.41) is 3.90. The zero-order valence-corrected chi connectivity index (χ0v) is 41.6. The quantitative estimate of drug-likeness (QED) is 0.110. The molecule has 0 saturated heterocycles. The molecule has 4 aliphatic carbocycles. The van der Waals surface area contributed by atoms with Crippen molar-refractivity contribution in [3.63, 3.8) is 0 Å². The minimum Gasteiger partial charge on any atom is -0.471 e. The third-order valence-electron chi connectivity index (χ3n) is 16.2. The molecule has 4 fully saturated rings. The van der Waals surface area contributed by atoms with Crippen molar-refractivity contribution in [2.24, 2.45) is 23.3 Å². The third-order valence-corrected chi connectivity index (χ3v) is 16.2. The number of fused-ring (bicyclic) bond motifs is 4. The number of pyridine rings is 6. The van der Waals surface area contributed by atoms with Crippen molar-refractivity contribution in [3.8, 4) is 11.8 Å². The van der Waals surface area contributed by atoms with E-state index in [1.807, 2.05) is 76.7 Å². The molecular formula is C56H64N8O6. The summed E-state index contributed by atoms with van der Waals surface area (Å²) in [6, 6.07) is 11.7. The topological polar surface area (TPSA) is 200 Å². The molecule has 0 unspecified atom stereocenters. The Morgan fingerprint density at radius 2 is 0.957 bits per heavy atom. The second-order valence-corrected chi connectivity index (χ2v) is 22.2. The molecule has 70 heavy (non-hydrogen) atoms. The Labute approximate surface area is 409 Å². The van der Waals surface area contributed by atoms with Gasteiger partial charge >= 0.3 is 11.9 Å². The summed E-state index contributed by atoms with van der Waals surface area (Å²) in [7, 11) is 0. The van der Waals surface area contributed by atoms with Crippen LogP contribution in [0.5, 0.6) is 11.8 Å². The van der Waals surface area contributed by atoms with Gasteiger partial charge in [0.1, 0.15) is 23.4 Å². The van der Waals surface area contributed by atoms with E-state index in [0.717, 1.165) is 118 Å². The first-order valence-corrected chi connectivity index (χ1v) is 25.2. The fourth-order valence-corrected chi connectivity index (χ4v) is 10.1. The van der Waals surface area contributed by atoms with Gasteiger partial charge in [0.05, 0.1) is 33.3 Å². The van der Waals surface area contributed by atoms with Crippen LogP contribution in [0.25, 0.3) is 21.5 Å². The van der Waals surface area contributed by atoms with E-state index in [-0.39, 0.29) is 47.2 Å². The van der Waals surface area contributed by atoms with Gasteiger partial charge in [-0.2, -0.15) is 0 Å². The van der Waals surface area contributed by atoms with Gasteiger partial charge in [0, 0.05) is 83.3 Å². The molecule has 6 aromatic heterocycles. The summed E-state index contributed by atoms with van der Waals surface area (Å²) in [6.45, 7) is 16.4. The number of aromatic nitrogens is 6. The third kappa shape index (κ3) is 8.75. The van der Waals surface area contributed by atoms with E-state index in [2.05, 4.69) is 39.8 Å². The maximum atomic E-state index is 12.3. The molecule has 12 rings (SSSR count). The van der Waals surface area contributed by atoms with E-state index in [0.29, 0.717) is 47.6 Å². The fourth-order valence-electron chi connectivity index (χ4n) is 10.1. The monoisotopic (exact) mass is 944 g/mol. The molecule has 6 aromatic rings. The smallest absolute Gasteiger partial charge is 0.340 e. The van der Waals surface area contributed by atoms with Crippen molar-refractivity contribution in [2.45, 2.75) is 166 Å². The van der Waals surface area contributed by atoms with Gasteiger partial charge in [-0.25, -0.2) is 19.6 Å². The van der Waals surface area contributed by atoms with Gasteiger partial charge < -0.3 is 30.4 Å². The molecule has 0 bridgehead atoms. The van der Waals surface area contributed by atoms with Crippen molar-refractivity contribution >= 4 is 33.5 Å². The van der Waals surface area contributed by atoms with Crippen LogP contribution in [0.3, 0.4) is 0 Å². The van der Waals surface area contributed by atoms with Gasteiger partial charge in [-0.1, -0.05) is 13.8 Å². The number of hydrogen-bond donors (Lipinski definition) is 2. The SMILES string of the molecule is C[C@@H]1OC(=O)c2ccc(Cc3cc4c([C@@](C)(N)C5CC5)cnc(OC5(C)CC5)c4cn3)nc2[C@H]1C.C[C@@H]1OC(=O)c2ccc(Cc3cc4c([C@](C)(N)C5CC5)cnc(OC5(C)CC5)c4cn3)nc2[C@H]1C. The molecule has 4 N–H and O–H groups in total. The zero-order valence-electron chi connectivity index (χ0n) is 41.6. The Hall–Kier alpha value is -6.12. The number of cyclic esters (lactones) is 2. The standard InChI is InChI=1S/2C28H32N4O3/c2*1-15-16(2)34-26(33)20-8-7-18(32-24(15)20)11-19-12-21-22(13-30-19)25(35-27(3)9-10-27)31-14-23(21)28(4,29)17-5-6-17/h2*7-8,12-17H,5-6,9-11,29H2,1-4H3/t15-,16-,28+;15-,16-,28-/m00/s1. The van der Waals surface area contributed by atoms with Gasteiger partial charge in [-0.15, -0.1) is 0 Å². The minimum atomic E-state index is -0.456. The van der Waals surface area contributed by atoms with Crippen molar-refractivity contribution in [1.29, 1.82) is 0 Å². The summed E-state index contributed by atoms with van der Waals surface area (Å²) in [5.74, 6) is 1.67. The van der Waals surface area contributed by atoms with Crippen molar-refractivity contribution < 1.29 is 28.5 Å². The highest BCUT2D eigenvalue weighted by Crippen LogP contribution is 2.49. The summed E-state index contributed by atoms with van der Waals surface area (Å²) in [6.07, 6.45) is 17.0. The number of ether oxygens (including phenoxy) is 4. The number of esters is 2. The van der Waals surface area contributed by atoms with Gasteiger partial charge in [-0.3, -0.25) is 19.9 Å². The molecule has 6 atom stereocenters. The molecule has 14 heteroatoms. The molecular weight excluding hydrogens is 881 g/mol. The van der Waals surface area contributed by atoms with Gasteiger partial charge in [0.2, 0.25) is 11.8 Å². The number of nitrogens with zero attached hydrogens (tertiary/aromatic N) is 6.